The van der Waals surface area contributed by atoms with Crippen molar-refractivity contribution in [3.8, 4) is 11.1 Å². The van der Waals surface area contributed by atoms with Crippen molar-refractivity contribution in [2.45, 2.75) is 37.2 Å². The first-order valence-corrected chi connectivity index (χ1v) is 11.8. The smallest absolute Gasteiger partial charge is 0.369 e. The third kappa shape index (κ3) is 4.53. The molecule has 36 heavy (non-hydrogen) atoms. The molecule has 1 unspecified atom stereocenters. The molecule has 1 heterocycles. The topological polar surface area (TPSA) is 49.3 Å². The van der Waals surface area contributed by atoms with Crippen molar-refractivity contribution in [3.05, 3.63) is 87.9 Å². The molecule has 1 atom stereocenters. The standard InChI is InChI=1S/C26H21F6NO2S/c1-15(14-34)17-7-9-19(21(11-17)16-5-3-2-4-6-16)22-13-33-36-23-12-18(8-10-20(22)23)24(35,25(27,28)29)26(30,31)32/h2-9,11-12,14-15,33,35H,10,13H2,1H3. The Morgan fingerprint density at radius 3 is 2.25 bits per heavy atom. The molecule has 4 rings (SSSR count). The number of aliphatic hydroxyl groups is 1. The Hall–Kier alpha value is -2.82. The Morgan fingerprint density at radius 2 is 1.64 bits per heavy atom. The van der Waals surface area contributed by atoms with Gasteiger partial charge in [0.15, 0.2) is 0 Å². The van der Waals surface area contributed by atoms with E-state index in [1.807, 2.05) is 42.5 Å². The Morgan fingerprint density at radius 1 is 0.972 bits per heavy atom. The molecule has 10 heteroatoms. The lowest BCUT2D eigenvalue weighted by atomic mass is 9.83. The highest BCUT2D eigenvalue weighted by Crippen LogP contribution is 2.51. The molecule has 0 fully saturated rings. The van der Waals surface area contributed by atoms with Gasteiger partial charge in [-0.25, -0.2) is 0 Å². The van der Waals surface area contributed by atoms with Gasteiger partial charge in [-0.05, 0) is 69.5 Å². The Balaban J connectivity index is 1.86. The molecule has 0 spiro atoms. The molecule has 0 saturated heterocycles. The van der Waals surface area contributed by atoms with Crippen LogP contribution in [-0.4, -0.2) is 35.9 Å². The quantitative estimate of drug-likeness (QED) is 0.258. The van der Waals surface area contributed by atoms with Gasteiger partial charge in [-0.2, -0.15) is 26.3 Å². The number of carbonyl (C=O) groups excluding carboxylic acids is 1. The van der Waals surface area contributed by atoms with Crippen molar-refractivity contribution in [2.75, 3.05) is 6.54 Å². The van der Waals surface area contributed by atoms with Crippen molar-refractivity contribution in [1.29, 1.82) is 0 Å². The summed E-state index contributed by atoms with van der Waals surface area (Å²) in [4.78, 5) is 11.5. The van der Waals surface area contributed by atoms with Crippen molar-refractivity contribution in [2.24, 2.45) is 0 Å². The summed E-state index contributed by atoms with van der Waals surface area (Å²) in [5.74, 6) is -0.364. The van der Waals surface area contributed by atoms with E-state index in [-0.39, 0.29) is 17.2 Å². The van der Waals surface area contributed by atoms with Crippen LogP contribution >= 0.6 is 11.9 Å². The SMILES string of the molecule is CC(C=O)c1ccc(C2=C3CC=C(C(O)(C(F)(F)F)C(F)(F)F)C=C3SNC2)c(-c2ccccc2)c1. The van der Waals surface area contributed by atoms with Crippen LogP contribution in [0.4, 0.5) is 26.3 Å². The van der Waals surface area contributed by atoms with Crippen LogP contribution in [0.1, 0.15) is 30.4 Å². The number of hydrogen-bond acceptors (Lipinski definition) is 4. The van der Waals surface area contributed by atoms with Gasteiger partial charge in [-0.15, -0.1) is 0 Å². The van der Waals surface area contributed by atoms with E-state index in [0.29, 0.717) is 17.7 Å². The summed E-state index contributed by atoms with van der Waals surface area (Å²) < 4.78 is 83.5. The first-order valence-electron chi connectivity index (χ1n) is 10.9. The number of hydrogen-bond donors (Lipinski definition) is 2. The maximum atomic E-state index is 13.4. The minimum Gasteiger partial charge on any atom is -0.369 e. The van der Waals surface area contributed by atoms with Crippen LogP contribution in [0, 0.1) is 0 Å². The lowest BCUT2D eigenvalue weighted by Gasteiger charge is -2.36. The van der Waals surface area contributed by atoms with Crippen LogP contribution < -0.4 is 4.72 Å². The van der Waals surface area contributed by atoms with Gasteiger partial charge in [0.05, 0.1) is 0 Å². The molecule has 2 N–H and O–H groups in total. The third-order valence-corrected chi connectivity index (χ3v) is 7.20. The van der Waals surface area contributed by atoms with Crippen LogP contribution in [0.3, 0.4) is 0 Å². The molecule has 0 saturated carbocycles. The van der Waals surface area contributed by atoms with Gasteiger partial charge in [0, 0.05) is 17.4 Å². The molecule has 2 aromatic carbocycles. The van der Waals surface area contributed by atoms with Gasteiger partial charge < -0.3 is 9.90 Å². The molecule has 3 nitrogen and oxygen atoms in total. The number of allylic oxidation sites excluding steroid dienone is 2. The average molecular weight is 526 g/mol. The van der Waals surface area contributed by atoms with Crippen LogP contribution in [0.5, 0.6) is 0 Å². The van der Waals surface area contributed by atoms with Crippen molar-refractivity contribution >= 4 is 23.8 Å². The molecule has 0 amide bonds. The first-order chi connectivity index (χ1) is 16.9. The second kappa shape index (κ2) is 9.57. The third-order valence-electron chi connectivity index (χ3n) is 6.33. The van der Waals surface area contributed by atoms with E-state index < -0.39 is 23.5 Å². The fraction of sp³-hybridized carbons (Fsp3) is 0.269. The summed E-state index contributed by atoms with van der Waals surface area (Å²) in [6.45, 7) is 2.07. The maximum absolute atomic E-state index is 13.4. The monoisotopic (exact) mass is 525 g/mol. The number of fused-ring (bicyclic) bond motifs is 1. The number of carbonyl (C=O) groups is 1. The number of rotatable bonds is 5. The minimum atomic E-state index is -5.95. The highest BCUT2D eigenvalue weighted by atomic mass is 32.2. The largest absolute Gasteiger partial charge is 0.430 e. The molecule has 2 aliphatic rings. The minimum absolute atomic E-state index is 0.171. The predicted molar refractivity (Wildman–Crippen MR) is 127 cm³/mol. The maximum Gasteiger partial charge on any atom is 0.430 e. The number of halogens is 6. The Bertz CT molecular complexity index is 1250. The molecule has 1 aliphatic heterocycles. The number of alkyl halides is 6. The van der Waals surface area contributed by atoms with Gasteiger partial charge >= 0.3 is 12.4 Å². The van der Waals surface area contributed by atoms with Crippen LogP contribution in [0.15, 0.2) is 76.7 Å². The lowest BCUT2D eigenvalue weighted by molar-refractivity contribution is -0.351. The van der Waals surface area contributed by atoms with E-state index in [1.165, 1.54) is 0 Å². The number of benzene rings is 2. The molecule has 2 aromatic rings. The number of nitrogens with one attached hydrogen (secondary N) is 1. The van der Waals surface area contributed by atoms with Gasteiger partial charge in [0.25, 0.3) is 5.60 Å². The van der Waals surface area contributed by atoms with Gasteiger partial charge in [0.1, 0.15) is 6.29 Å². The molecule has 1 aliphatic carbocycles. The first kappa shape index (κ1) is 26.2. The highest BCUT2D eigenvalue weighted by molar-refractivity contribution is 8.01. The van der Waals surface area contributed by atoms with E-state index >= 15 is 0 Å². The van der Waals surface area contributed by atoms with Gasteiger partial charge in [0.2, 0.25) is 0 Å². The normalized spacial score (nSPS) is 17.8. The van der Waals surface area contributed by atoms with Gasteiger partial charge in [-0.1, -0.05) is 55.5 Å². The Kier molecular flexibility index (Phi) is 6.98. The average Bonchev–Trinajstić information content (AvgIpc) is 2.85. The summed E-state index contributed by atoms with van der Waals surface area (Å²) in [5.41, 5.74) is -1.79. The summed E-state index contributed by atoms with van der Waals surface area (Å²) in [6, 6.07) is 14.8. The van der Waals surface area contributed by atoms with E-state index in [2.05, 4.69) is 4.72 Å². The molecule has 0 aromatic heterocycles. The van der Waals surface area contributed by atoms with E-state index in [0.717, 1.165) is 52.6 Å². The highest BCUT2D eigenvalue weighted by Gasteiger charge is 2.72. The van der Waals surface area contributed by atoms with E-state index in [1.54, 1.807) is 13.0 Å². The lowest BCUT2D eigenvalue weighted by Crippen LogP contribution is -2.58. The molecule has 190 valence electrons. The Labute approximate surface area is 207 Å². The van der Waals surface area contributed by atoms with Crippen LogP contribution in [0.25, 0.3) is 16.7 Å². The van der Waals surface area contributed by atoms with Crippen molar-refractivity contribution in [3.63, 3.8) is 0 Å². The zero-order valence-corrected chi connectivity index (χ0v) is 19.7. The van der Waals surface area contributed by atoms with E-state index in [9.17, 15) is 36.2 Å². The summed E-state index contributed by atoms with van der Waals surface area (Å²) in [6.07, 6.45) is -9.76. The zero-order chi connectivity index (χ0) is 26.3. The zero-order valence-electron chi connectivity index (χ0n) is 18.9. The molecule has 0 bridgehead atoms. The van der Waals surface area contributed by atoms with Crippen molar-refractivity contribution in [1.82, 2.24) is 4.72 Å². The fourth-order valence-electron chi connectivity index (χ4n) is 4.30. The van der Waals surface area contributed by atoms with Crippen molar-refractivity contribution < 1.29 is 36.2 Å². The number of aldehydes is 1. The van der Waals surface area contributed by atoms with Gasteiger partial charge in [-0.3, -0.25) is 4.72 Å². The molecule has 0 radical (unpaired) electrons. The predicted octanol–water partition coefficient (Wildman–Crippen LogP) is 6.73. The molecular weight excluding hydrogens is 504 g/mol. The second-order valence-corrected chi connectivity index (χ2v) is 9.49. The fourth-order valence-corrected chi connectivity index (χ4v) is 5.18. The van der Waals surface area contributed by atoms with Crippen LogP contribution in [-0.2, 0) is 4.79 Å². The summed E-state index contributed by atoms with van der Waals surface area (Å²) >= 11 is 0.920. The summed E-state index contributed by atoms with van der Waals surface area (Å²) in [5, 5.41) is 9.84. The van der Waals surface area contributed by atoms with Crippen LogP contribution in [0.2, 0.25) is 0 Å². The van der Waals surface area contributed by atoms with E-state index in [4.69, 9.17) is 0 Å². The molecular formula is C26H21F6NO2S. The summed E-state index contributed by atoms with van der Waals surface area (Å²) in [7, 11) is 0. The second-order valence-electron chi connectivity index (χ2n) is 8.55.